The molecule has 5 rings (SSSR count). The Kier molecular flexibility index (Phi) is 4.23. The summed E-state index contributed by atoms with van der Waals surface area (Å²) in [6, 6.07) is 4.25. The van der Waals surface area contributed by atoms with E-state index in [4.69, 9.17) is 14.0 Å². The number of aromatic nitrogens is 5. The highest BCUT2D eigenvalue weighted by atomic mass is 19.1. The normalized spacial score (nSPS) is 16.4. The number of benzene rings is 1. The molecule has 0 saturated heterocycles. The van der Waals surface area contributed by atoms with E-state index in [0.717, 1.165) is 12.8 Å². The summed E-state index contributed by atoms with van der Waals surface area (Å²) in [6.07, 6.45) is 3.05. The van der Waals surface area contributed by atoms with Crippen molar-refractivity contribution in [1.82, 2.24) is 24.1 Å². The van der Waals surface area contributed by atoms with Crippen molar-refractivity contribution in [2.45, 2.75) is 31.4 Å². The fourth-order valence-corrected chi connectivity index (χ4v) is 3.91. The SMILES string of the molecule is COCC(C)n1c(=O)c2c(-c3noc(C4(OC)CC4)n3)ncn2c2cccc(F)c21. The summed E-state index contributed by atoms with van der Waals surface area (Å²) in [5, 5.41) is 4.02. The Morgan fingerprint density at radius 2 is 2.10 bits per heavy atom. The monoisotopic (exact) mass is 413 g/mol. The number of imidazole rings is 1. The van der Waals surface area contributed by atoms with Crippen LogP contribution in [0.3, 0.4) is 0 Å². The van der Waals surface area contributed by atoms with Gasteiger partial charge in [-0.25, -0.2) is 9.37 Å². The maximum absolute atomic E-state index is 14.8. The Labute approximate surface area is 170 Å². The smallest absolute Gasteiger partial charge is 0.278 e. The molecule has 0 spiro atoms. The maximum atomic E-state index is 14.8. The molecular weight excluding hydrogens is 393 g/mol. The third kappa shape index (κ3) is 2.60. The molecule has 4 aromatic rings. The molecule has 30 heavy (non-hydrogen) atoms. The van der Waals surface area contributed by atoms with Gasteiger partial charge in [-0.15, -0.1) is 0 Å². The van der Waals surface area contributed by atoms with Gasteiger partial charge < -0.3 is 14.0 Å². The minimum absolute atomic E-state index is 0.189. The van der Waals surface area contributed by atoms with E-state index in [2.05, 4.69) is 15.1 Å². The Hall–Kier alpha value is -3.11. The minimum atomic E-state index is -0.552. The molecule has 1 fully saturated rings. The van der Waals surface area contributed by atoms with Gasteiger partial charge in [0.05, 0.1) is 18.2 Å². The van der Waals surface area contributed by atoms with Crippen LogP contribution in [0.4, 0.5) is 4.39 Å². The van der Waals surface area contributed by atoms with Gasteiger partial charge in [-0.2, -0.15) is 4.98 Å². The zero-order valence-electron chi connectivity index (χ0n) is 16.8. The number of hydrogen-bond donors (Lipinski definition) is 0. The summed E-state index contributed by atoms with van der Waals surface area (Å²) >= 11 is 0. The third-order valence-corrected chi connectivity index (χ3v) is 5.63. The van der Waals surface area contributed by atoms with Crippen LogP contribution in [0.2, 0.25) is 0 Å². The van der Waals surface area contributed by atoms with E-state index in [1.54, 1.807) is 30.6 Å². The van der Waals surface area contributed by atoms with Crippen LogP contribution in [0.15, 0.2) is 33.8 Å². The molecule has 156 valence electrons. The van der Waals surface area contributed by atoms with Gasteiger partial charge in [0.25, 0.3) is 11.4 Å². The summed E-state index contributed by atoms with van der Waals surface area (Å²) in [5.74, 6) is 0.0537. The molecule has 3 aromatic heterocycles. The van der Waals surface area contributed by atoms with Crippen LogP contribution in [-0.2, 0) is 15.1 Å². The highest BCUT2D eigenvalue weighted by Gasteiger charge is 2.50. The molecule has 1 aliphatic rings. The van der Waals surface area contributed by atoms with Crippen LogP contribution in [0.1, 0.15) is 31.7 Å². The molecular formula is C20H20FN5O4. The molecule has 1 aliphatic carbocycles. The van der Waals surface area contributed by atoms with Crippen molar-refractivity contribution in [2.75, 3.05) is 20.8 Å². The largest absolute Gasteiger partial charge is 0.383 e. The van der Waals surface area contributed by atoms with Crippen LogP contribution in [0, 0.1) is 5.82 Å². The van der Waals surface area contributed by atoms with Gasteiger partial charge in [-0.05, 0) is 31.9 Å². The molecule has 0 aliphatic heterocycles. The van der Waals surface area contributed by atoms with Crippen molar-refractivity contribution >= 4 is 16.6 Å². The molecule has 1 saturated carbocycles. The first-order chi connectivity index (χ1) is 14.5. The highest BCUT2D eigenvalue weighted by molar-refractivity contribution is 5.84. The van der Waals surface area contributed by atoms with Crippen molar-refractivity contribution in [3.05, 3.63) is 46.6 Å². The second-order valence-corrected chi connectivity index (χ2v) is 7.52. The van der Waals surface area contributed by atoms with Crippen molar-refractivity contribution in [2.24, 2.45) is 0 Å². The number of para-hydroxylation sites is 1. The van der Waals surface area contributed by atoms with E-state index in [1.807, 2.05) is 0 Å². The van der Waals surface area contributed by atoms with E-state index in [-0.39, 0.29) is 29.2 Å². The van der Waals surface area contributed by atoms with Crippen LogP contribution >= 0.6 is 0 Å². The van der Waals surface area contributed by atoms with Crippen LogP contribution in [0.25, 0.3) is 28.1 Å². The van der Waals surface area contributed by atoms with Gasteiger partial charge in [0.15, 0.2) is 0 Å². The average Bonchev–Trinajstić information content (AvgIpc) is 3.16. The fourth-order valence-electron chi connectivity index (χ4n) is 3.91. The van der Waals surface area contributed by atoms with Crippen molar-refractivity contribution in [3.8, 4) is 11.5 Å². The first-order valence-corrected chi connectivity index (χ1v) is 9.59. The zero-order chi connectivity index (χ0) is 21.0. The average molecular weight is 413 g/mol. The molecule has 1 aromatic carbocycles. The summed E-state index contributed by atoms with van der Waals surface area (Å²) in [6.45, 7) is 2.04. The van der Waals surface area contributed by atoms with Crippen LogP contribution in [-0.4, -0.2) is 44.9 Å². The van der Waals surface area contributed by atoms with E-state index in [9.17, 15) is 9.18 Å². The summed E-state index contributed by atoms with van der Waals surface area (Å²) in [4.78, 5) is 22.3. The van der Waals surface area contributed by atoms with Gasteiger partial charge in [-0.1, -0.05) is 11.2 Å². The minimum Gasteiger partial charge on any atom is -0.383 e. The Balaban J connectivity index is 1.79. The number of methoxy groups -OCH3 is 2. The number of halogens is 1. The highest BCUT2D eigenvalue weighted by Crippen LogP contribution is 2.48. The molecule has 1 atom stereocenters. The second-order valence-electron chi connectivity index (χ2n) is 7.52. The summed E-state index contributed by atoms with van der Waals surface area (Å²) in [5.41, 5.74) is 0.240. The predicted octanol–water partition coefficient (Wildman–Crippen LogP) is 2.68. The molecule has 1 unspecified atom stereocenters. The van der Waals surface area contributed by atoms with Gasteiger partial charge >= 0.3 is 0 Å². The van der Waals surface area contributed by atoms with Gasteiger partial charge in [0.1, 0.15) is 34.5 Å². The quantitative estimate of drug-likeness (QED) is 0.479. The zero-order valence-corrected chi connectivity index (χ0v) is 16.8. The molecule has 0 N–H and O–H groups in total. The number of ether oxygens (including phenoxy) is 2. The molecule has 0 amide bonds. The van der Waals surface area contributed by atoms with Crippen LogP contribution in [0.5, 0.6) is 0 Å². The molecule has 0 bridgehead atoms. The lowest BCUT2D eigenvalue weighted by Gasteiger charge is -2.18. The molecule has 0 radical (unpaired) electrons. The van der Waals surface area contributed by atoms with Crippen molar-refractivity contribution < 1.29 is 18.4 Å². The predicted molar refractivity (Wildman–Crippen MR) is 105 cm³/mol. The Morgan fingerprint density at radius 1 is 1.30 bits per heavy atom. The number of hydrogen-bond acceptors (Lipinski definition) is 7. The first kappa shape index (κ1) is 18.9. The van der Waals surface area contributed by atoms with E-state index in [1.165, 1.54) is 24.1 Å². The van der Waals surface area contributed by atoms with E-state index >= 15 is 0 Å². The number of rotatable bonds is 6. The fraction of sp³-hybridized carbons (Fsp3) is 0.400. The third-order valence-electron chi connectivity index (χ3n) is 5.63. The van der Waals surface area contributed by atoms with Gasteiger partial charge in [0.2, 0.25) is 5.82 Å². The lowest BCUT2D eigenvalue weighted by atomic mass is 10.2. The van der Waals surface area contributed by atoms with E-state index in [0.29, 0.717) is 11.4 Å². The van der Waals surface area contributed by atoms with Crippen LogP contribution < -0.4 is 5.56 Å². The number of fused-ring (bicyclic) bond motifs is 3. The first-order valence-electron chi connectivity index (χ1n) is 9.59. The molecule has 9 nitrogen and oxygen atoms in total. The van der Waals surface area contributed by atoms with Gasteiger partial charge in [-0.3, -0.25) is 13.8 Å². The van der Waals surface area contributed by atoms with Crippen molar-refractivity contribution in [1.29, 1.82) is 0 Å². The Bertz CT molecular complexity index is 1320. The summed E-state index contributed by atoms with van der Waals surface area (Å²) < 4.78 is 33.8. The molecule has 10 heteroatoms. The number of nitrogens with zero attached hydrogens (tertiary/aromatic N) is 5. The maximum Gasteiger partial charge on any atom is 0.278 e. The molecule has 3 heterocycles. The lowest BCUT2D eigenvalue weighted by molar-refractivity contribution is 0.0492. The van der Waals surface area contributed by atoms with Crippen molar-refractivity contribution in [3.63, 3.8) is 0 Å². The second kappa shape index (κ2) is 6.71. The summed E-state index contributed by atoms with van der Waals surface area (Å²) in [7, 11) is 3.13. The Morgan fingerprint density at radius 3 is 2.80 bits per heavy atom. The lowest BCUT2D eigenvalue weighted by Crippen LogP contribution is -2.28. The van der Waals surface area contributed by atoms with E-state index < -0.39 is 23.0 Å². The topological polar surface area (TPSA) is 96.7 Å². The standard InChI is InChI=1S/C20H20FN5O4/c1-11(9-28-2)26-15-12(21)5-4-6-13(15)25-10-22-14(16(25)18(26)27)17-23-19(30-24-17)20(29-3)7-8-20/h4-6,10-11H,7-9H2,1-3H3. The van der Waals surface area contributed by atoms with Gasteiger partial charge in [0, 0.05) is 14.2 Å².